The van der Waals surface area contributed by atoms with Gasteiger partial charge in [-0.05, 0) is 61.4 Å². The highest BCUT2D eigenvalue weighted by Crippen LogP contribution is 2.29. The predicted molar refractivity (Wildman–Crippen MR) is 174 cm³/mol. The van der Waals surface area contributed by atoms with Gasteiger partial charge in [-0.25, -0.2) is 9.97 Å². The highest BCUT2D eigenvalue weighted by molar-refractivity contribution is 5.96. The standard InChI is InChI=1S/C36H40N4O6/c1-3-45-32(41)22-37-35(42)33-34(46-23-26-7-5-4-6-8-26)24(2)38-31(39-33)21-25-17-19-40(20-18-25)30-15-13-28(14-16-30)27-9-11-29(12-10-27)36(43)44/h4-16,25,36,43-44H,3,17-23H2,1-2H3,(H,37,42). The Labute approximate surface area is 269 Å². The highest BCUT2D eigenvalue weighted by atomic mass is 16.5. The van der Waals surface area contributed by atoms with Gasteiger partial charge in [0, 0.05) is 30.8 Å². The number of carbonyl (C=O) groups excluding carboxylic acids is 2. The van der Waals surface area contributed by atoms with Gasteiger partial charge in [-0.1, -0.05) is 66.7 Å². The number of aliphatic hydroxyl groups is 2. The summed E-state index contributed by atoms with van der Waals surface area (Å²) >= 11 is 0. The Morgan fingerprint density at radius 1 is 0.935 bits per heavy atom. The van der Waals surface area contributed by atoms with Crippen LogP contribution in [0.3, 0.4) is 0 Å². The van der Waals surface area contributed by atoms with Crippen LogP contribution >= 0.6 is 0 Å². The molecule has 0 atom stereocenters. The second-order valence-corrected chi connectivity index (χ2v) is 11.3. The number of piperidine rings is 1. The van der Waals surface area contributed by atoms with E-state index >= 15 is 0 Å². The molecule has 1 amide bonds. The van der Waals surface area contributed by atoms with Crippen LogP contribution in [0, 0.1) is 12.8 Å². The molecule has 1 aliphatic rings. The molecule has 240 valence electrons. The van der Waals surface area contributed by atoms with E-state index in [2.05, 4.69) is 39.5 Å². The lowest BCUT2D eigenvalue weighted by molar-refractivity contribution is -0.141. The van der Waals surface area contributed by atoms with E-state index in [1.54, 1.807) is 19.1 Å². The number of hydrogen-bond acceptors (Lipinski definition) is 9. The quantitative estimate of drug-likeness (QED) is 0.151. The van der Waals surface area contributed by atoms with Crippen LogP contribution in [0.4, 0.5) is 5.69 Å². The molecule has 0 bridgehead atoms. The number of aliphatic hydroxyl groups excluding tert-OH is 1. The lowest BCUT2D eigenvalue weighted by atomic mass is 9.92. The average Bonchev–Trinajstić information content (AvgIpc) is 3.07. The van der Waals surface area contributed by atoms with Gasteiger partial charge in [-0.3, -0.25) is 9.59 Å². The molecule has 46 heavy (non-hydrogen) atoms. The minimum absolute atomic E-state index is 0.113. The lowest BCUT2D eigenvalue weighted by Gasteiger charge is -2.33. The molecule has 1 aromatic heterocycles. The zero-order valence-corrected chi connectivity index (χ0v) is 26.2. The number of nitrogens with one attached hydrogen (secondary N) is 1. The number of hydrogen-bond donors (Lipinski definition) is 3. The molecule has 0 unspecified atom stereocenters. The maximum Gasteiger partial charge on any atom is 0.325 e. The van der Waals surface area contributed by atoms with Crippen molar-refractivity contribution in [3.8, 4) is 16.9 Å². The summed E-state index contributed by atoms with van der Waals surface area (Å²) < 4.78 is 11.0. The molecule has 10 heteroatoms. The Balaban J connectivity index is 1.23. The van der Waals surface area contributed by atoms with Gasteiger partial charge in [0.2, 0.25) is 0 Å². The Hall–Kier alpha value is -4.80. The van der Waals surface area contributed by atoms with Crippen LogP contribution in [0.1, 0.15) is 59.2 Å². The minimum atomic E-state index is -1.47. The van der Waals surface area contributed by atoms with Crippen LogP contribution < -0.4 is 15.0 Å². The normalized spacial score (nSPS) is 13.5. The topological polar surface area (TPSA) is 134 Å². The van der Waals surface area contributed by atoms with Crippen molar-refractivity contribution in [2.75, 3.05) is 31.1 Å². The number of esters is 1. The molecule has 0 spiro atoms. The van der Waals surface area contributed by atoms with E-state index in [1.165, 1.54) is 0 Å². The molecular weight excluding hydrogens is 584 g/mol. The maximum absolute atomic E-state index is 13.2. The minimum Gasteiger partial charge on any atom is -0.485 e. The fourth-order valence-corrected chi connectivity index (χ4v) is 5.58. The molecule has 3 N–H and O–H groups in total. The fourth-order valence-electron chi connectivity index (χ4n) is 5.58. The number of rotatable bonds is 12. The number of amides is 1. The van der Waals surface area contributed by atoms with E-state index in [4.69, 9.17) is 14.5 Å². The zero-order chi connectivity index (χ0) is 32.5. The van der Waals surface area contributed by atoms with Crippen LogP contribution in [0.15, 0.2) is 78.9 Å². The third-order valence-corrected chi connectivity index (χ3v) is 8.08. The number of nitrogens with zero attached hydrogens (tertiary/aromatic N) is 3. The molecule has 1 saturated heterocycles. The summed E-state index contributed by atoms with van der Waals surface area (Å²) in [4.78, 5) is 36.9. The molecular formula is C36H40N4O6. The molecule has 10 nitrogen and oxygen atoms in total. The lowest BCUT2D eigenvalue weighted by Crippen LogP contribution is -2.35. The predicted octanol–water partition coefficient (Wildman–Crippen LogP) is 4.77. The number of aromatic nitrogens is 2. The van der Waals surface area contributed by atoms with Crippen molar-refractivity contribution in [3.63, 3.8) is 0 Å². The van der Waals surface area contributed by atoms with Crippen molar-refractivity contribution >= 4 is 17.6 Å². The molecule has 1 fully saturated rings. The first-order valence-corrected chi connectivity index (χ1v) is 15.6. The van der Waals surface area contributed by atoms with Crippen molar-refractivity contribution in [2.45, 2.75) is 46.0 Å². The number of benzene rings is 3. The second kappa shape index (κ2) is 15.5. The molecule has 2 heterocycles. The molecule has 3 aromatic carbocycles. The Bertz CT molecular complexity index is 1600. The summed E-state index contributed by atoms with van der Waals surface area (Å²) in [5, 5.41) is 21.3. The monoisotopic (exact) mass is 624 g/mol. The Morgan fingerprint density at radius 2 is 1.59 bits per heavy atom. The molecule has 4 aromatic rings. The van der Waals surface area contributed by atoms with Gasteiger partial charge in [0.25, 0.3) is 5.91 Å². The van der Waals surface area contributed by atoms with Gasteiger partial charge in [0.1, 0.15) is 19.0 Å². The van der Waals surface area contributed by atoms with E-state index in [1.807, 2.05) is 49.4 Å². The van der Waals surface area contributed by atoms with E-state index in [0.717, 1.165) is 48.3 Å². The largest absolute Gasteiger partial charge is 0.485 e. The van der Waals surface area contributed by atoms with Gasteiger partial charge >= 0.3 is 5.97 Å². The number of ether oxygens (including phenoxy) is 2. The third-order valence-electron chi connectivity index (χ3n) is 8.08. The van der Waals surface area contributed by atoms with E-state index < -0.39 is 18.2 Å². The van der Waals surface area contributed by atoms with Gasteiger partial charge in [0.15, 0.2) is 17.7 Å². The maximum atomic E-state index is 13.2. The van der Waals surface area contributed by atoms with E-state index in [9.17, 15) is 19.8 Å². The van der Waals surface area contributed by atoms with Gasteiger partial charge in [-0.15, -0.1) is 0 Å². The van der Waals surface area contributed by atoms with Gasteiger partial charge in [0.05, 0.1) is 12.3 Å². The molecule has 0 radical (unpaired) electrons. The summed E-state index contributed by atoms with van der Waals surface area (Å²) in [6.07, 6.45) is 1.05. The number of aryl methyl sites for hydroxylation is 1. The Morgan fingerprint density at radius 3 is 2.22 bits per heavy atom. The molecule has 5 rings (SSSR count). The summed E-state index contributed by atoms with van der Waals surface area (Å²) in [5.74, 6) is 0.194. The van der Waals surface area contributed by atoms with Crippen molar-refractivity contribution in [3.05, 3.63) is 107 Å². The van der Waals surface area contributed by atoms with Crippen LogP contribution in [0.2, 0.25) is 0 Å². The summed E-state index contributed by atoms with van der Waals surface area (Å²) in [6.45, 7) is 5.52. The fraction of sp³-hybridized carbons (Fsp3) is 0.333. The Kier molecular flexibility index (Phi) is 11.0. The number of anilines is 1. The first-order chi connectivity index (χ1) is 22.3. The molecule has 1 aliphatic heterocycles. The summed E-state index contributed by atoms with van der Waals surface area (Å²) in [6, 6.07) is 25.3. The van der Waals surface area contributed by atoms with Crippen molar-refractivity contribution in [1.29, 1.82) is 0 Å². The van der Waals surface area contributed by atoms with E-state index in [0.29, 0.717) is 35.2 Å². The van der Waals surface area contributed by atoms with Crippen molar-refractivity contribution in [1.82, 2.24) is 15.3 Å². The first kappa shape index (κ1) is 32.6. The average molecular weight is 625 g/mol. The van der Waals surface area contributed by atoms with E-state index in [-0.39, 0.29) is 25.5 Å². The van der Waals surface area contributed by atoms with Crippen molar-refractivity contribution < 1.29 is 29.3 Å². The van der Waals surface area contributed by atoms with Crippen molar-refractivity contribution in [2.24, 2.45) is 5.92 Å². The summed E-state index contributed by atoms with van der Waals surface area (Å²) in [5.41, 5.74) is 5.31. The van der Waals surface area contributed by atoms with Gasteiger partial charge < -0.3 is 29.9 Å². The van der Waals surface area contributed by atoms with Crippen LogP contribution in [0.5, 0.6) is 5.75 Å². The second-order valence-electron chi connectivity index (χ2n) is 11.3. The van der Waals surface area contributed by atoms with Crippen LogP contribution in [-0.4, -0.2) is 58.3 Å². The number of carbonyl (C=O) groups is 2. The SMILES string of the molecule is CCOC(=O)CNC(=O)c1nc(CC2CCN(c3ccc(-c4ccc(C(O)O)cc4)cc3)CC2)nc(C)c1OCc1ccccc1. The third kappa shape index (κ3) is 8.47. The van der Waals surface area contributed by atoms with Crippen LogP contribution in [-0.2, 0) is 22.6 Å². The van der Waals surface area contributed by atoms with Gasteiger partial charge in [-0.2, -0.15) is 0 Å². The zero-order valence-electron chi connectivity index (χ0n) is 26.2. The first-order valence-electron chi connectivity index (χ1n) is 15.6. The highest BCUT2D eigenvalue weighted by Gasteiger charge is 2.25. The smallest absolute Gasteiger partial charge is 0.325 e. The molecule has 0 saturated carbocycles. The summed E-state index contributed by atoms with van der Waals surface area (Å²) in [7, 11) is 0. The van der Waals surface area contributed by atoms with Crippen LogP contribution in [0.25, 0.3) is 11.1 Å². The molecule has 0 aliphatic carbocycles.